The summed E-state index contributed by atoms with van der Waals surface area (Å²) in [7, 11) is 3.17. The van der Waals surface area contributed by atoms with Gasteiger partial charge in [0, 0.05) is 6.54 Å². The predicted octanol–water partition coefficient (Wildman–Crippen LogP) is 2.67. The molecule has 9 nitrogen and oxygen atoms in total. The molecule has 2 aromatic rings. The Labute approximate surface area is 206 Å². The molecule has 1 heterocycles. The lowest BCUT2D eigenvalue weighted by Crippen LogP contribution is -2.45. The fourth-order valence-corrected chi connectivity index (χ4v) is 4.34. The molecule has 4 amide bonds. The van der Waals surface area contributed by atoms with E-state index in [1.165, 1.54) is 0 Å². The van der Waals surface area contributed by atoms with Crippen LogP contribution in [0.3, 0.4) is 0 Å². The van der Waals surface area contributed by atoms with Gasteiger partial charge in [0.05, 0.1) is 20.3 Å². The van der Waals surface area contributed by atoms with Crippen molar-refractivity contribution in [1.82, 2.24) is 20.4 Å². The number of nitrogens with zero attached hydrogens (tertiary/aromatic N) is 2. The molecule has 9 heteroatoms. The number of methoxy groups -OCH3 is 2. The normalized spacial score (nSPS) is 18.4. The lowest BCUT2D eigenvalue weighted by Gasteiger charge is -2.30. The Bertz CT molecular complexity index is 1050. The third-order valence-corrected chi connectivity index (χ3v) is 6.47. The van der Waals surface area contributed by atoms with Crippen LogP contribution in [0.4, 0.5) is 4.79 Å². The van der Waals surface area contributed by atoms with E-state index in [1.54, 1.807) is 45.4 Å². The molecule has 2 atom stereocenters. The number of amides is 4. The highest BCUT2D eigenvalue weighted by atomic mass is 16.5. The number of carbonyl (C=O) groups excluding carboxylic acids is 3. The molecule has 1 saturated heterocycles. The van der Waals surface area contributed by atoms with E-state index >= 15 is 0 Å². The Hall–Kier alpha value is -3.59. The van der Waals surface area contributed by atoms with Crippen molar-refractivity contribution in [2.24, 2.45) is 0 Å². The largest absolute Gasteiger partial charge is 0.497 e. The molecule has 0 saturated carbocycles. The molecule has 3 rings (SSSR count). The third kappa shape index (κ3) is 5.57. The Morgan fingerprint density at radius 3 is 2.31 bits per heavy atom. The number of benzene rings is 2. The SMILES string of the molecule is CCN(CC)C(CNC(=O)CN1C(=O)NC(C)(c2ccc(OC)cc2)C1=O)c1cccc(OC)c1. The summed E-state index contributed by atoms with van der Waals surface area (Å²) in [5, 5.41) is 5.63. The summed E-state index contributed by atoms with van der Waals surface area (Å²) in [6.07, 6.45) is 0. The van der Waals surface area contributed by atoms with Gasteiger partial charge >= 0.3 is 6.03 Å². The first kappa shape index (κ1) is 26.0. The number of hydrogen-bond donors (Lipinski definition) is 2. The van der Waals surface area contributed by atoms with E-state index in [2.05, 4.69) is 29.4 Å². The molecule has 35 heavy (non-hydrogen) atoms. The van der Waals surface area contributed by atoms with Crippen molar-refractivity contribution in [2.45, 2.75) is 32.4 Å². The minimum atomic E-state index is -1.26. The fourth-order valence-electron chi connectivity index (χ4n) is 4.34. The van der Waals surface area contributed by atoms with Gasteiger partial charge in [-0.25, -0.2) is 4.79 Å². The van der Waals surface area contributed by atoms with Gasteiger partial charge < -0.3 is 20.1 Å². The second-order valence-corrected chi connectivity index (χ2v) is 8.49. The molecule has 0 aromatic heterocycles. The molecular formula is C26H34N4O5. The minimum absolute atomic E-state index is 0.0864. The maximum absolute atomic E-state index is 13.2. The highest BCUT2D eigenvalue weighted by Crippen LogP contribution is 2.30. The van der Waals surface area contributed by atoms with Crippen LogP contribution in [0.5, 0.6) is 11.5 Å². The van der Waals surface area contributed by atoms with Crippen LogP contribution in [0.15, 0.2) is 48.5 Å². The lowest BCUT2D eigenvalue weighted by molar-refractivity contribution is -0.134. The molecule has 2 N–H and O–H groups in total. The second-order valence-electron chi connectivity index (χ2n) is 8.49. The van der Waals surface area contributed by atoms with Crippen LogP contribution in [0.2, 0.25) is 0 Å². The monoisotopic (exact) mass is 482 g/mol. The maximum atomic E-state index is 13.2. The first-order valence-corrected chi connectivity index (χ1v) is 11.7. The van der Waals surface area contributed by atoms with Crippen LogP contribution in [0, 0.1) is 0 Å². The molecule has 0 bridgehead atoms. The number of imide groups is 1. The summed E-state index contributed by atoms with van der Waals surface area (Å²) in [6, 6.07) is 13.9. The molecule has 2 aromatic carbocycles. The summed E-state index contributed by atoms with van der Waals surface area (Å²) in [4.78, 5) is 41.8. The first-order valence-electron chi connectivity index (χ1n) is 11.7. The van der Waals surface area contributed by atoms with Gasteiger partial charge in [0.1, 0.15) is 23.6 Å². The average molecular weight is 483 g/mol. The van der Waals surface area contributed by atoms with Crippen molar-refractivity contribution >= 4 is 17.8 Å². The van der Waals surface area contributed by atoms with E-state index in [0.717, 1.165) is 29.3 Å². The Morgan fingerprint density at radius 1 is 1.06 bits per heavy atom. The fraction of sp³-hybridized carbons (Fsp3) is 0.423. The molecule has 1 aliphatic rings. The van der Waals surface area contributed by atoms with E-state index in [4.69, 9.17) is 9.47 Å². The van der Waals surface area contributed by atoms with E-state index in [0.29, 0.717) is 17.9 Å². The highest BCUT2D eigenvalue weighted by Gasteiger charge is 2.49. The van der Waals surface area contributed by atoms with E-state index in [1.807, 2.05) is 24.3 Å². The summed E-state index contributed by atoms with van der Waals surface area (Å²) in [5.41, 5.74) is 0.364. The van der Waals surface area contributed by atoms with Crippen molar-refractivity contribution < 1.29 is 23.9 Å². The smallest absolute Gasteiger partial charge is 0.325 e. The Morgan fingerprint density at radius 2 is 1.71 bits per heavy atom. The standard InChI is InChI=1S/C26H34N4O5/c1-6-29(7-2)22(18-9-8-10-21(15-18)35-5)16-27-23(31)17-30-24(32)26(3,28-25(30)33)19-11-13-20(34-4)14-12-19/h8-15,22H,6-7,16-17H2,1-5H3,(H,27,31)(H,28,33). The van der Waals surface area contributed by atoms with Crippen molar-refractivity contribution in [3.63, 3.8) is 0 Å². The zero-order valence-corrected chi connectivity index (χ0v) is 21.0. The molecule has 0 spiro atoms. The van der Waals surface area contributed by atoms with Gasteiger partial charge in [0.2, 0.25) is 5.91 Å². The topological polar surface area (TPSA) is 100 Å². The Kier molecular flexibility index (Phi) is 8.34. The van der Waals surface area contributed by atoms with Gasteiger partial charge in [-0.2, -0.15) is 0 Å². The third-order valence-electron chi connectivity index (χ3n) is 6.47. The zero-order chi connectivity index (χ0) is 25.6. The van der Waals surface area contributed by atoms with E-state index < -0.39 is 23.4 Å². The first-order chi connectivity index (χ1) is 16.8. The molecular weight excluding hydrogens is 448 g/mol. The number of carbonyl (C=O) groups is 3. The van der Waals surface area contributed by atoms with Crippen LogP contribution in [0.25, 0.3) is 0 Å². The van der Waals surface area contributed by atoms with Gasteiger partial charge in [-0.1, -0.05) is 38.1 Å². The molecule has 1 fully saturated rings. The average Bonchev–Trinajstić information content (AvgIpc) is 3.10. The van der Waals surface area contributed by atoms with E-state index in [9.17, 15) is 14.4 Å². The molecule has 0 radical (unpaired) electrons. The van der Waals surface area contributed by atoms with Crippen LogP contribution in [-0.4, -0.2) is 68.0 Å². The molecule has 188 valence electrons. The zero-order valence-electron chi connectivity index (χ0n) is 21.0. The molecule has 0 aliphatic carbocycles. The number of hydrogen-bond acceptors (Lipinski definition) is 6. The van der Waals surface area contributed by atoms with Gasteiger partial charge in [0.25, 0.3) is 5.91 Å². The Balaban J connectivity index is 1.70. The highest BCUT2D eigenvalue weighted by molar-refractivity contribution is 6.09. The molecule has 2 unspecified atom stereocenters. The van der Waals surface area contributed by atoms with Crippen LogP contribution >= 0.6 is 0 Å². The van der Waals surface area contributed by atoms with Gasteiger partial charge in [-0.15, -0.1) is 0 Å². The van der Waals surface area contributed by atoms with Crippen molar-refractivity contribution in [1.29, 1.82) is 0 Å². The van der Waals surface area contributed by atoms with Crippen LogP contribution in [0.1, 0.15) is 37.9 Å². The second kappa shape index (κ2) is 11.2. The van der Waals surface area contributed by atoms with Crippen LogP contribution < -0.4 is 20.1 Å². The minimum Gasteiger partial charge on any atom is -0.497 e. The summed E-state index contributed by atoms with van der Waals surface area (Å²) in [5.74, 6) is 0.496. The number of rotatable bonds is 11. The van der Waals surface area contributed by atoms with Gasteiger partial charge in [0.15, 0.2) is 0 Å². The lowest BCUT2D eigenvalue weighted by atomic mass is 9.92. The van der Waals surface area contributed by atoms with Gasteiger partial charge in [-0.05, 0) is 55.4 Å². The maximum Gasteiger partial charge on any atom is 0.325 e. The quantitative estimate of drug-likeness (QED) is 0.478. The van der Waals surface area contributed by atoms with Crippen molar-refractivity contribution in [3.05, 3.63) is 59.7 Å². The molecule has 1 aliphatic heterocycles. The summed E-state index contributed by atoms with van der Waals surface area (Å²) < 4.78 is 10.5. The van der Waals surface area contributed by atoms with Crippen molar-refractivity contribution in [3.8, 4) is 11.5 Å². The van der Waals surface area contributed by atoms with Gasteiger partial charge in [-0.3, -0.25) is 19.4 Å². The van der Waals surface area contributed by atoms with E-state index in [-0.39, 0.29) is 12.6 Å². The van der Waals surface area contributed by atoms with Crippen molar-refractivity contribution in [2.75, 3.05) is 40.4 Å². The predicted molar refractivity (Wildman–Crippen MR) is 132 cm³/mol. The summed E-state index contributed by atoms with van der Waals surface area (Å²) >= 11 is 0. The number of likely N-dealkylation sites (N-methyl/N-ethyl adjacent to an activating group) is 1. The number of urea groups is 1. The van der Waals surface area contributed by atoms with Crippen LogP contribution in [-0.2, 0) is 15.1 Å². The summed E-state index contributed by atoms with van der Waals surface area (Å²) in [6.45, 7) is 7.30. The number of ether oxygens (including phenoxy) is 2. The number of nitrogens with one attached hydrogen (secondary N) is 2.